The van der Waals surface area contributed by atoms with E-state index in [1.54, 1.807) is 14.2 Å². The third-order valence-electron chi connectivity index (χ3n) is 6.91. The summed E-state index contributed by atoms with van der Waals surface area (Å²) in [4.78, 5) is 18.5. The number of hydrogen-bond acceptors (Lipinski definition) is 7. The minimum atomic E-state index is -0.133. The highest BCUT2D eigenvalue weighted by Crippen LogP contribution is 2.28. The summed E-state index contributed by atoms with van der Waals surface area (Å²) < 4.78 is 12.6. The van der Waals surface area contributed by atoms with Gasteiger partial charge >= 0.3 is 0 Å². The fourth-order valence-electron chi connectivity index (χ4n) is 4.86. The van der Waals surface area contributed by atoms with E-state index in [4.69, 9.17) is 9.47 Å². The summed E-state index contributed by atoms with van der Waals surface area (Å²) in [5, 5.41) is 13.7. The lowest BCUT2D eigenvalue weighted by molar-refractivity contribution is 0.161. The molecular weight excluding hydrogens is 492 g/mol. The maximum Gasteiger partial charge on any atom is 0.252 e. The second-order valence-electron chi connectivity index (χ2n) is 9.43. The normalized spacial score (nSPS) is 12.1. The van der Waals surface area contributed by atoms with Crippen LogP contribution in [0.5, 0.6) is 11.5 Å². The Hall–Kier alpha value is -4.50. The Kier molecular flexibility index (Phi) is 7.98. The zero-order valence-corrected chi connectivity index (χ0v) is 22.4. The van der Waals surface area contributed by atoms with Crippen LogP contribution in [0.25, 0.3) is 10.9 Å². The van der Waals surface area contributed by atoms with Gasteiger partial charge in [-0.25, -0.2) is 4.68 Å². The number of benzene rings is 3. The highest BCUT2D eigenvalue weighted by molar-refractivity contribution is 5.80. The molecule has 3 aromatic carbocycles. The molecule has 9 heteroatoms. The van der Waals surface area contributed by atoms with Crippen LogP contribution < -0.4 is 15.0 Å². The molecule has 1 N–H and O–H groups in total. The number of methoxy groups -OCH3 is 2. The number of pyridine rings is 1. The molecule has 0 aliphatic rings. The molecule has 200 valence electrons. The van der Waals surface area contributed by atoms with Gasteiger partial charge in [-0.05, 0) is 64.4 Å². The number of hydrogen-bond donors (Lipinski definition) is 1. The van der Waals surface area contributed by atoms with E-state index in [2.05, 4.69) is 44.5 Å². The quantitative estimate of drug-likeness (QED) is 0.267. The molecule has 5 aromatic rings. The summed E-state index contributed by atoms with van der Waals surface area (Å²) >= 11 is 0. The monoisotopic (exact) mass is 524 g/mol. The molecule has 9 nitrogen and oxygen atoms in total. The van der Waals surface area contributed by atoms with Gasteiger partial charge in [0.05, 0.1) is 26.8 Å². The number of H-pyrrole nitrogens is 1. The predicted molar refractivity (Wildman–Crippen MR) is 150 cm³/mol. The molecule has 0 aliphatic heterocycles. The highest BCUT2D eigenvalue weighted by atomic mass is 16.5. The largest absolute Gasteiger partial charge is 0.497 e. The van der Waals surface area contributed by atoms with E-state index in [1.165, 1.54) is 0 Å². The Morgan fingerprint density at radius 2 is 1.64 bits per heavy atom. The van der Waals surface area contributed by atoms with E-state index >= 15 is 0 Å². The molecule has 0 bridgehead atoms. The Morgan fingerprint density at radius 1 is 0.897 bits per heavy atom. The van der Waals surface area contributed by atoms with Gasteiger partial charge in [0.15, 0.2) is 5.82 Å². The van der Waals surface area contributed by atoms with Crippen molar-refractivity contribution < 1.29 is 9.47 Å². The first kappa shape index (κ1) is 26.1. The van der Waals surface area contributed by atoms with Crippen molar-refractivity contribution in [2.45, 2.75) is 39.0 Å². The molecule has 0 spiro atoms. The summed E-state index contributed by atoms with van der Waals surface area (Å²) in [7, 11) is 3.29. The number of nitrogens with one attached hydrogen (secondary N) is 1. The lowest BCUT2D eigenvalue weighted by Gasteiger charge is -2.30. The van der Waals surface area contributed by atoms with E-state index in [-0.39, 0.29) is 11.6 Å². The maximum absolute atomic E-state index is 13.2. The van der Waals surface area contributed by atoms with E-state index in [9.17, 15) is 4.79 Å². The third kappa shape index (κ3) is 5.99. The van der Waals surface area contributed by atoms with Crippen LogP contribution >= 0.6 is 0 Å². The molecular formula is C30H32N6O3. The Bertz CT molecular complexity index is 1580. The van der Waals surface area contributed by atoms with Gasteiger partial charge in [0, 0.05) is 29.6 Å². The molecule has 39 heavy (non-hydrogen) atoms. The molecule has 0 fully saturated rings. The third-order valence-corrected chi connectivity index (χ3v) is 6.91. The first-order valence-electron chi connectivity index (χ1n) is 12.9. The first-order chi connectivity index (χ1) is 19.1. The number of nitrogens with zero attached hydrogens (tertiary/aromatic N) is 5. The zero-order chi connectivity index (χ0) is 27.2. The molecule has 1 atom stereocenters. The molecule has 0 saturated heterocycles. The van der Waals surface area contributed by atoms with Crippen molar-refractivity contribution in [3.05, 3.63) is 112 Å². The Balaban J connectivity index is 1.52. The smallest absolute Gasteiger partial charge is 0.252 e. The van der Waals surface area contributed by atoms with Gasteiger partial charge in [-0.1, -0.05) is 49.4 Å². The van der Waals surface area contributed by atoms with Crippen LogP contribution in [0.1, 0.15) is 41.9 Å². The zero-order valence-electron chi connectivity index (χ0n) is 22.4. The van der Waals surface area contributed by atoms with Gasteiger partial charge in [0.25, 0.3) is 5.56 Å². The topological polar surface area (TPSA) is 98.2 Å². The van der Waals surface area contributed by atoms with E-state index in [0.29, 0.717) is 25.2 Å². The fraction of sp³-hybridized carbons (Fsp3) is 0.267. The van der Waals surface area contributed by atoms with Crippen molar-refractivity contribution in [2.24, 2.45) is 0 Å². The lowest BCUT2D eigenvalue weighted by atomic mass is 10.1. The van der Waals surface area contributed by atoms with Crippen LogP contribution in [0.4, 0.5) is 0 Å². The number of aromatic amines is 1. The second-order valence-corrected chi connectivity index (χ2v) is 9.43. The van der Waals surface area contributed by atoms with Gasteiger partial charge in [-0.15, -0.1) is 5.10 Å². The molecule has 2 heterocycles. The van der Waals surface area contributed by atoms with E-state index in [0.717, 1.165) is 45.8 Å². The van der Waals surface area contributed by atoms with Crippen molar-refractivity contribution >= 4 is 10.9 Å². The number of aromatic nitrogens is 5. The van der Waals surface area contributed by atoms with Crippen LogP contribution in [-0.4, -0.2) is 44.3 Å². The summed E-state index contributed by atoms with van der Waals surface area (Å²) in [5.41, 5.74) is 3.51. The maximum atomic E-state index is 13.2. The predicted octanol–water partition coefficient (Wildman–Crippen LogP) is 4.73. The van der Waals surface area contributed by atoms with Crippen molar-refractivity contribution in [3.63, 3.8) is 0 Å². The van der Waals surface area contributed by atoms with E-state index in [1.807, 2.05) is 71.4 Å². The molecule has 0 aliphatic carbocycles. The number of ether oxygens (including phenoxy) is 2. The van der Waals surface area contributed by atoms with Gasteiger partial charge < -0.3 is 14.5 Å². The standard InChI is InChI=1S/C30H32N6O3/c1-4-28(29-32-33-34-36(29)19-21-8-6-5-7-9-21)35(18-22-10-12-25(38-2)13-11-22)20-24-16-23-17-26(39-3)14-15-27(23)31-30(24)37/h5-17,28H,4,18-20H2,1-3H3,(H,31,37)/t28-/m0/s1. The summed E-state index contributed by atoms with van der Waals surface area (Å²) in [6.45, 7) is 3.68. The van der Waals surface area contributed by atoms with Crippen LogP contribution in [0.2, 0.25) is 0 Å². The average Bonchev–Trinajstić information content (AvgIpc) is 3.42. The van der Waals surface area contributed by atoms with Crippen LogP contribution in [0, 0.1) is 0 Å². The summed E-state index contributed by atoms with van der Waals surface area (Å²) in [5.74, 6) is 2.29. The molecule has 0 unspecified atom stereocenters. The molecule has 0 amide bonds. The van der Waals surface area contributed by atoms with Gasteiger partial charge in [-0.2, -0.15) is 0 Å². The van der Waals surface area contributed by atoms with Gasteiger partial charge in [-0.3, -0.25) is 9.69 Å². The van der Waals surface area contributed by atoms with Crippen LogP contribution in [-0.2, 0) is 19.6 Å². The molecule has 5 rings (SSSR count). The summed E-state index contributed by atoms with van der Waals surface area (Å²) in [6, 6.07) is 25.6. The fourth-order valence-corrected chi connectivity index (χ4v) is 4.86. The van der Waals surface area contributed by atoms with Crippen LogP contribution in [0.3, 0.4) is 0 Å². The van der Waals surface area contributed by atoms with Crippen molar-refractivity contribution in [1.82, 2.24) is 30.1 Å². The SMILES string of the molecule is CC[C@@H](c1nnnn1Cc1ccccc1)N(Cc1ccc(OC)cc1)Cc1cc2cc(OC)ccc2[nH]c1=O. The Labute approximate surface area is 227 Å². The molecule has 2 aromatic heterocycles. The first-order valence-corrected chi connectivity index (χ1v) is 12.9. The van der Waals surface area contributed by atoms with Gasteiger partial charge in [0.2, 0.25) is 0 Å². The molecule has 0 radical (unpaired) electrons. The number of fused-ring (bicyclic) bond motifs is 1. The van der Waals surface area contributed by atoms with E-state index < -0.39 is 0 Å². The minimum Gasteiger partial charge on any atom is -0.497 e. The van der Waals surface area contributed by atoms with Crippen LogP contribution in [0.15, 0.2) is 83.7 Å². The van der Waals surface area contributed by atoms with Crippen molar-refractivity contribution in [1.29, 1.82) is 0 Å². The Morgan fingerprint density at radius 3 is 2.36 bits per heavy atom. The van der Waals surface area contributed by atoms with Gasteiger partial charge in [0.1, 0.15) is 11.5 Å². The minimum absolute atomic E-state index is 0.119. The highest BCUT2D eigenvalue weighted by Gasteiger charge is 2.26. The lowest BCUT2D eigenvalue weighted by Crippen LogP contribution is -2.32. The van der Waals surface area contributed by atoms with Crippen molar-refractivity contribution in [2.75, 3.05) is 14.2 Å². The second kappa shape index (κ2) is 11.9. The molecule has 0 saturated carbocycles. The number of tetrazole rings is 1. The average molecular weight is 525 g/mol. The number of rotatable bonds is 11. The van der Waals surface area contributed by atoms with Crippen molar-refractivity contribution in [3.8, 4) is 11.5 Å². The summed E-state index contributed by atoms with van der Waals surface area (Å²) in [6.07, 6.45) is 0.755.